The molecule has 0 saturated heterocycles. The Balaban J connectivity index is 0.00000169. The first-order valence-corrected chi connectivity index (χ1v) is 9.31. The predicted molar refractivity (Wildman–Crippen MR) is 110 cm³/mol. The molecule has 1 aliphatic rings. The third-order valence-corrected chi connectivity index (χ3v) is 5.57. The highest BCUT2D eigenvalue weighted by atomic mass is 35.5. The Morgan fingerprint density at radius 3 is 2.71 bits per heavy atom. The first kappa shape index (κ1) is 17.3. The molecule has 3 aromatic rings. The summed E-state index contributed by atoms with van der Waals surface area (Å²) in [6.45, 7) is 1.91. The largest absolute Gasteiger partial charge is 0.370 e. The van der Waals surface area contributed by atoms with E-state index in [1.54, 1.807) is 11.3 Å². The second kappa shape index (κ2) is 7.60. The molecule has 2 heterocycles. The maximum absolute atomic E-state index is 4.96. The Morgan fingerprint density at radius 1 is 1.04 bits per heavy atom. The Kier molecular flexibility index (Phi) is 5.49. The highest BCUT2D eigenvalue weighted by Crippen LogP contribution is 2.36. The zero-order valence-electron chi connectivity index (χ0n) is 13.1. The molecule has 2 nitrogen and oxygen atoms in total. The van der Waals surface area contributed by atoms with Crippen molar-refractivity contribution in [1.29, 1.82) is 0 Å². The van der Waals surface area contributed by atoms with E-state index in [2.05, 4.69) is 63.5 Å². The van der Waals surface area contributed by atoms with Crippen LogP contribution in [0.1, 0.15) is 28.4 Å². The number of benzene rings is 2. The molecule has 0 radical (unpaired) electrons. The van der Waals surface area contributed by atoms with Gasteiger partial charge in [0.1, 0.15) is 5.84 Å². The van der Waals surface area contributed by atoms with E-state index >= 15 is 0 Å². The molecule has 0 saturated carbocycles. The van der Waals surface area contributed by atoms with Crippen LogP contribution in [-0.2, 0) is 0 Å². The van der Waals surface area contributed by atoms with Crippen LogP contribution in [-0.4, -0.2) is 18.9 Å². The molecule has 1 aromatic heterocycles. The Hall–Kier alpha value is -1.49. The van der Waals surface area contributed by atoms with Crippen LogP contribution in [0, 0.1) is 0 Å². The molecule has 1 N–H and O–H groups in total. The van der Waals surface area contributed by atoms with Crippen molar-refractivity contribution in [3.8, 4) is 0 Å². The fourth-order valence-corrected chi connectivity index (χ4v) is 4.48. The van der Waals surface area contributed by atoms with Crippen molar-refractivity contribution in [2.45, 2.75) is 11.7 Å². The summed E-state index contributed by atoms with van der Waals surface area (Å²) in [5.41, 5.74) is 3.69. The molecule has 0 amide bonds. The first-order chi connectivity index (χ1) is 11.3. The number of thiol groups is 1. The summed E-state index contributed by atoms with van der Waals surface area (Å²) in [6.07, 6.45) is 1.11. The number of hydrogen-bond acceptors (Lipinski definition) is 4. The van der Waals surface area contributed by atoms with Gasteiger partial charge in [-0.15, -0.1) is 12.4 Å². The van der Waals surface area contributed by atoms with Crippen LogP contribution in [0.2, 0.25) is 0 Å². The van der Waals surface area contributed by atoms with Gasteiger partial charge in [0.2, 0.25) is 0 Å². The third kappa shape index (κ3) is 3.18. The number of fused-ring (bicyclic) bond motifs is 1. The monoisotopic (exact) mass is 374 g/mol. The zero-order chi connectivity index (χ0) is 15.6. The summed E-state index contributed by atoms with van der Waals surface area (Å²) in [6, 6.07) is 14.9. The predicted octanol–water partition coefficient (Wildman–Crippen LogP) is 5.08. The first-order valence-electron chi connectivity index (χ1n) is 7.85. The lowest BCUT2D eigenvalue weighted by Gasteiger charge is -2.19. The normalized spacial score (nSPS) is 15.3. The summed E-state index contributed by atoms with van der Waals surface area (Å²) in [5, 5.41) is 10.4. The van der Waals surface area contributed by atoms with Gasteiger partial charge in [0.15, 0.2) is 0 Å². The molecule has 5 heteroatoms. The van der Waals surface area contributed by atoms with Crippen molar-refractivity contribution < 1.29 is 0 Å². The minimum Gasteiger partial charge on any atom is -0.370 e. The fraction of sp³-hybridized carbons (Fsp3) is 0.211. The lowest BCUT2D eigenvalue weighted by Crippen LogP contribution is -2.30. The van der Waals surface area contributed by atoms with E-state index < -0.39 is 0 Å². The molecule has 124 valence electrons. The topological polar surface area (TPSA) is 24.4 Å². The van der Waals surface area contributed by atoms with Gasteiger partial charge in [-0.05, 0) is 33.7 Å². The molecule has 0 aliphatic carbocycles. The summed E-state index contributed by atoms with van der Waals surface area (Å²) >= 11 is 6.68. The summed E-state index contributed by atoms with van der Waals surface area (Å²) in [5.74, 6) is 1.02. The van der Waals surface area contributed by atoms with E-state index in [-0.39, 0.29) is 17.7 Å². The minimum absolute atomic E-state index is 0. The van der Waals surface area contributed by atoms with E-state index in [0.29, 0.717) is 0 Å². The van der Waals surface area contributed by atoms with E-state index in [4.69, 9.17) is 12.6 Å². The quantitative estimate of drug-likeness (QED) is 0.613. The second-order valence-corrected chi connectivity index (χ2v) is 6.98. The number of hydrogen-bond donors (Lipinski definition) is 2. The number of thiophene rings is 1. The Bertz CT molecular complexity index is 867. The minimum atomic E-state index is 0. The molecule has 0 bridgehead atoms. The van der Waals surface area contributed by atoms with Crippen molar-refractivity contribution >= 4 is 53.0 Å². The third-order valence-electron chi connectivity index (χ3n) is 4.26. The van der Waals surface area contributed by atoms with Gasteiger partial charge in [-0.1, -0.05) is 42.5 Å². The molecule has 1 aliphatic heterocycles. The number of halogens is 1. The lowest BCUT2D eigenvalue weighted by molar-refractivity contribution is 0.742. The number of amidine groups is 1. The number of rotatable bonds is 3. The van der Waals surface area contributed by atoms with E-state index in [9.17, 15) is 0 Å². The van der Waals surface area contributed by atoms with Gasteiger partial charge >= 0.3 is 0 Å². The Labute approximate surface area is 157 Å². The average molecular weight is 375 g/mol. The van der Waals surface area contributed by atoms with Gasteiger partial charge in [-0.3, -0.25) is 4.99 Å². The lowest BCUT2D eigenvalue weighted by atomic mass is 9.97. The molecule has 0 spiro atoms. The van der Waals surface area contributed by atoms with Gasteiger partial charge in [-0.2, -0.15) is 24.0 Å². The standard InChI is InChI=1S/C19H18N2S2.ClH/c22-18(15-8-3-6-13-5-1-2-7-14(13)15)16-11-23-12-17(16)19-20-9-4-10-21-19;/h1-3,5-8,11-12,18,22H,4,9-10H2,(H,20,21);1H. The van der Waals surface area contributed by atoms with E-state index in [1.165, 1.54) is 27.5 Å². The molecule has 4 rings (SSSR count). The van der Waals surface area contributed by atoms with Crippen LogP contribution in [0.5, 0.6) is 0 Å². The number of nitrogens with one attached hydrogen (secondary N) is 1. The SMILES string of the molecule is Cl.SC(c1cscc1C1=NCCCN1)c1cccc2ccccc12. The molecule has 1 unspecified atom stereocenters. The maximum Gasteiger partial charge on any atom is 0.129 e. The van der Waals surface area contributed by atoms with Crippen LogP contribution in [0.3, 0.4) is 0 Å². The van der Waals surface area contributed by atoms with E-state index in [0.717, 1.165) is 25.3 Å². The van der Waals surface area contributed by atoms with Crippen molar-refractivity contribution in [3.63, 3.8) is 0 Å². The summed E-state index contributed by atoms with van der Waals surface area (Å²) < 4.78 is 0. The van der Waals surface area contributed by atoms with Crippen LogP contribution >= 0.6 is 36.4 Å². The zero-order valence-corrected chi connectivity index (χ0v) is 15.6. The van der Waals surface area contributed by atoms with E-state index in [1.807, 2.05) is 0 Å². The van der Waals surface area contributed by atoms with Crippen LogP contribution < -0.4 is 5.32 Å². The molecule has 0 fully saturated rings. The highest BCUT2D eigenvalue weighted by Gasteiger charge is 2.20. The Morgan fingerprint density at radius 2 is 1.88 bits per heavy atom. The fourth-order valence-electron chi connectivity index (χ4n) is 3.08. The van der Waals surface area contributed by atoms with Crippen molar-refractivity contribution in [2.24, 2.45) is 4.99 Å². The maximum atomic E-state index is 4.96. The van der Waals surface area contributed by atoms with Gasteiger partial charge in [0.05, 0.1) is 5.25 Å². The van der Waals surface area contributed by atoms with Crippen LogP contribution in [0.4, 0.5) is 0 Å². The molecule has 24 heavy (non-hydrogen) atoms. The van der Waals surface area contributed by atoms with Crippen molar-refractivity contribution in [1.82, 2.24) is 5.32 Å². The van der Waals surface area contributed by atoms with Gasteiger partial charge in [0, 0.05) is 24.0 Å². The van der Waals surface area contributed by atoms with Gasteiger partial charge in [0.25, 0.3) is 0 Å². The second-order valence-electron chi connectivity index (χ2n) is 5.72. The van der Waals surface area contributed by atoms with Crippen molar-refractivity contribution in [3.05, 3.63) is 69.9 Å². The average Bonchev–Trinajstić information content (AvgIpc) is 3.11. The van der Waals surface area contributed by atoms with Gasteiger partial charge in [-0.25, -0.2) is 0 Å². The molecule has 1 atom stereocenters. The molecule has 2 aromatic carbocycles. The highest BCUT2D eigenvalue weighted by molar-refractivity contribution is 7.80. The van der Waals surface area contributed by atoms with Crippen LogP contribution in [0.15, 0.2) is 58.2 Å². The van der Waals surface area contributed by atoms with Crippen molar-refractivity contribution in [2.75, 3.05) is 13.1 Å². The summed E-state index contributed by atoms with van der Waals surface area (Å²) in [7, 11) is 0. The molecular formula is C19H19ClN2S2. The smallest absolute Gasteiger partial charge is 0.129 e. The molecular weight excluding hydrogens is 356 g/mol. The number of nitrogens with zero attached hydrogens (tertiary/aromatic N) is 1. The summed E-state index contributed by atoms with van der Waals surface area (Å²) in [4.78, 5) is 4.65. The van der Waals surface area contributed by atoms with Crippen LogP contribution in [0.25, 0.3) is 10.8 Å². The number of aliphatic imine (C=N–C) groups is 1. The van der Waals surface area contributed by atoms with Gasteiger partial charge < -0.3 is 5.32 Å².